The summed E-state index contributed by atoms with van der Waals surface area (Å²) in [5.74, 6) is 0.670. The lowest BCUT2D eigenvalue weighted by Gasteiger charge is -2.37. The largest absolute Gasteiger partial charge is 0.363 e. The van der Waals surface area contributed by atoms with Crippen molar-refractivity contribution in [2.24, 2.45) is 0 Å². The van der Waals surface area contributed by atoms with Crippen LogP contribution in [0.1, 0.15) is 68.4 Å². The highest BCUT2D eigenvalue weighted by Crippen LogP contribution is 2.45. The lowest BCUT2D eigenvalue weighted by atomic mass is 9.89. The van der Waals surface area contributed by atoms with Crippen LogP contribution < -0.4 is 4.90 Å². The Morgan fingerprint density at radius 1 is 0.561 bits per heavy atom. The summed E-state index contributed by atoms with van der Waals surface area (Å²) >= 11 is 0. The topological polar surface area (TPSA) is 35.7 Å². The van der Waals surface area contributed by atoms with E-state index in [-0.39, 0.29) is 0 Å². The number of hydrogen-bond acceptors (Lipinski definition) is 5. The number of nitrogens with zero attached hydrogens (tertiary/aromatic N) is 7. The van der Waals surface area contributed by atoms with Gasteiger partial charge < -0.3 is 28.7 Å². The molecule has 0 amide bonds. The molecule has 0 bridgehead atoms. The molecule has 7 heteroatoms. The van der Waals surface area contributed by atoms with Crippen LogP contribution in [0, 0.1) is 13.8 Å². The molecule has 5 aromatic carbocycles. The minimum absolute atomic E-state index is 0.666. The van der Waals surface area contributed by atoms with Crippen LogP contribution in [-0.2, 0) is 52.0 Å². The lowest BCUT2D eigenvalue weighted by molar-refractivity contribution is 0.230. The normalized spacial score (nSPS) is 18.2. The monoisotopic (exact) mass is 874 g/mol. The van der Waals surface area contributed by atoms with E-state index < -0.39 is 0 Å². The van der Waals surface area contributed by atoms with Crippen molar-refractivity contribution in [1.29, 1.82) is 0 Å². The van der Waals surface area contributed by atoms with Gasteiger partial charge in [-0.25, -0.2) is 0 Å². The van der Waals surface area contributed by atoms with E-state index in [1.165, 1.54) is 91.8 Å². The molecule has 7 heterocycles. The fourth-order valence-corrected chi connectivity index (χ4v) is 11.3. The Balaban J connectivity index is 0.000000117. The van der Waals surface area contributed by atoms with E-state index in [9.17, 15) is 0 Å². The maximum Gasteiger partial charge on any atom is 0.0489 e. The van der Waals surface area contributed by atoms with Gasteiger partial charge >= 0.3 is 0 Å². The number of aromatic nitrogens is 3. The highest BCUT2D eigenvalue weighted by molar-refractivity contribution is 5.87. The quantitative estimate of drug-likeness (QED) is 0.159. The van der Waals surface area contributed by atoms with Crippen LogP contribution in [0.15, 0.2) is 146 Å². The number of anilines is 1. The molecule has 0 saturated carbocycles. The second-order valence-electron chi connectivity index (χ2n) is 19.5. The number of para-hydroxylation sites is 2. The minimum atomic E-state index is 0.666. The van der Waals surface area contributed by atoms with Gasteiger partial charge in [0.25, 0.3) is 0 Å². The number of pyridine rings is 1. The average Bonchev–Trinajstić information content (AvgIpc) is 3.93. The van der Waals surface area contributed by atoms with Gasteiger partial charge in [-0.05, 0) is 118 Å². The SMILES string of the molecule is CN1CC[C@@H]2[C@H](C1)c1ccccc1N2Cc1ccccc1.CN1CCc2c(c3ccccc3n2Cc2ccccc2)C1.Cc1ccc2c(c1)c1c(n2CCc2ccc(C)nc2)CCN(C)C1. The molecule has 0 spiro atoms. The predicted molar refractivity (Wildman–Crippen MR) is 275 cm³/mol. The van der Waals surface area contributed by atoms with E-state index >= 15 is 0 Å². The molecule has 338 valence electrons. The maximum absolute atomic E-state index is 4.43. The second kappa shape index (κ2) is 19.5. The molecule has 7 nitrogen and oxygen atoms in total. The Hall–Kier alpha value is -5.99. The number of benzene rings is 5. The van der Waals surface area contributed by atoms with Gasteiger partial charge in [-0.1, -0.05) is 115 Å². The van der Waals surface area contributed by atoms with Gasteiger partial charge in [0.05, 0.1) is 0 Å². The third kappa shape index (κ3) is 9.22. The number of fused-ring (bicyclic) bond motifs is 9. The molecule has 12 rings (SSSR count). The zero-order valence-electron chi connectivity index (χ0n) is 39.8. The van der Waals surface area contributed by atoms with Crippen molar-refractivity contribution < 1.29 is 0 Å². The third-order valence-electron chi connectivity index (χ3n) is 14.8. The van der Waals surface area contributed by atoms with Crippen LogP contribution in [0.25, 0.3) is 21.8 Å². The predicted octanol–water partition coefficient (Wildman–Crippen LogP) is 11.1. The van der Waals surface area contributed by atoms with Gasteiger partial charge in [-0.2, -0.15) is 0 Å². The van der Waals surface area contributed by atoms with Gasteiger partial charge in [-0.3, -0.25) is 4.98 Å². The van der Waals surface area contributed by atoms with Crippen LogP contribution in [-0.4, -0.2) is 82.2 Å². The molecule has 4 aliphatic rings. The summed E-state index contributed by atoms with van der Waals surface area (Å²) in [6.45, 7) is 14.1. The standard InChI is InChI=1S/C21H25N3.C19H22N2.C19H20N2/c1-15-4-7-20-18(12-15)19-14-23(3)10-9-21(19)24(20)11-8-17-6-5-16(2)22-13-17;2*1-20-12-11-19-17(14-20)16-9-5-6-10-18(16)21(19)13-15-7-3-2-4-8-15/h4-7,12-13H,8-11,14H2,1-3H3;2-10,17,19H,11-14H2,1H3;2-10H,11-14H2,1H3/t;17-,19-;/m.1./s1. The van der Waals surface area contributed by atoms with Crippen molar-refractivity contribution in [1.82, 2.24) is 28.8 Å². The zero-order valence-corrected chi connectivity index (χ0v) is 39.8. The fourth-order valence-electron chi connectivity index (χ4n) is 11.3. The molecule has 8 aromatic rings. The lowest BCUT2D eigenvalue weighted by Crippen LogP contribution is -2.44. The van der Waals surface area contributed by atoms with Gasteiger partial charge in [0.2, 0.25) is 0 Å². The second-order valence-corrected chi connectivity index (χ2v) is 19.5. The molecule has 0 unspecified atom stereocenters. The van der Waals surface area contributed by atoms with Crippen molar-refractivity contribution in [2.45, 2.75) is 84.2 Å². The van der Waals surface area contributed by atoms with Gasteiger partial charge in [0.1, 0.15) is 0 Å². The van der Waals surface area contributed by atoms with Crippen molar-refractivity contribution in [3.05, 3.63) is 202 Å². The first-order chi connectivity index (χ1) is 32.3. The summed E-state index contributed by atoms with van der Waals surface area (Å²) in [5, 5.41) is 2.87. The number of aryl methyl sites for hydroxylation is 4. The Kier molecular flexibility index (Phi) is 12.9. The van der Waals surface area contributed by atoms with Crippen molar-refractivity contribution in [3.8, 4) is 0 Å². The van der Waals surface area contributed by atoms with E-state index in [1.54, 1.807) is 5.56 Å². The Labute approximate surface area is 392 Å². The fraction of sp³-hybridized carbons (Fsp3) is 0.339. The summed E-state index contributed by atoms with van der Waals surface area (Å²) in [6.07, 6.45) is 6.61. The molecule has 0 radical (unpaired) electrons. The summed E-state index contributed by atoms with van der Waals surface area (Å²) in [6, 6.07) is 51.4. The summed E-state index contributed by atoms with van der Waals surface area (Å²) in [7, 11) is 6.69. The molecule has 2 atom stereocenters. The van der Waals surface area contributed by atoms with Crippen molar-refractivity contribution in [3.63, 3.8) is 0 Å². The highest BCUT2D eigenvalue weighted by atomic mass is 15.2. The summed E-state index contributed by atoms with van der Waals surface area (Å²) in [5.41, 5.74) is 18.4. The van der Waals surface area contributed by atoms with Crippen LogP contribution in [0.5, 0.6) is 0 Å². The van der Waals surface area contributed by atoms with E-state index in [1.807, 2.05) is 13.1 Å². The van der Waals surface area contributed by atoms with Gasteiger partial charge in [0, 0.05) is 128 Å². The van der Waals surface area contributed by atoms with E-state index in [0.717, 1.165) is 70.8 Å². The molecule has 0 N–H and O–H groups in total. The number of piperidine rings is 1. The molecule has 3 aromatic heterocycles. The van der Waals surface area contributed by atoms with Crippen molar-refractivity contribution in [2.75, 3.05) is 52.2 Å². The molecular weight excluding hydrogens is 807 g/mol. The number of hydrogen-bond donors (Lipinski definition) is 0. The summed E-state index contributed by atoms with van der Waals surface area (Å²) < 4.78 is 5.07. The first-order valence-corrected chi connectivity index (χ1v) is 24.4. The van der Waals surface area contributed by atoms with Crippen LogP contribution in [0.3, 0.4) is 0 Å². The van der Waals surface area contributed by atoms with E-state index in [4.69, 9.17) is 0 Å². The maximum atomic E-state index is 4.43. The number of likely N-dealkylation sites (tertiary alicyclic amines) is 1. The van der Waals surface area contributed by atoms with Gasteiger partial charge in [0.15, 0.2) is 0 Å². The Bertz CT molecular complexity index is 2890. The first kappa shape index (κ1) is 43.9. The molecule has 1 fully saturated rings. The number of likely N-dealkylation sites (N-methyl/N-ethyl adjacent to an activating group) is 3. The highest BCUT2D eigenvalue weighted by Gasteiger charge is 2.40. The van der Waals surface area contributed by atoms with Gasteiger partial charge in [-0.15, -0.1) is 0 Å². The molecular formula is C59H67N7. The van der Waals surface area contributed by atoms with E-state index in [2.05, 4.69) is 201 Å². The molecule has 4 aliphatic heterocycles. The molecule has 0 aliphatic carbocycles. The average molecular weight is 874 g/mol. The third-order valence-corrected chi connectivity index (χ3v) is 14.8. The van der Waals surface area contributed by atoms with E-state index in [0.29, 0.717) is 12.0 Å². The Morgan fingerprint density at radius 2 is 1.20 bits per heavy atom. The molecule has 1 saturated heterocycles. The van der Waals surface area contributed by atoms with Crippen LogP contribution in [0.2, 0.25) is 0 Å². The molecule has 66 heavy (non-hydrogen) atoms. The summed E-state index contributed by atoms with van der Waals surface area (Å²) in [4.78, 5) is 14.4. The Morgan fingerprint density at radius 3 is 1.92 bits per heavy atom. The first-order valence-electron chi connectivity index (χ1n) is 24.4. The van der Waals surface area contributed by atoms with Crippen LogP contribution in [0.4, 0.5) is 5.69 Å². The minimum Gasteiger partial charge on any atom is -0.363 e. The zero-order chi connectivity index (χ0) is 45.1. The van der Waals surface area contributed by atoms with Crippen LogP contribution >= 0.6 is 0 Å². The van der Waals surface area contributed by atoms with Crippen molar-refractivity contribution >= 4 is 27.5 Å². The number of rotatable bonds is 7. The smallest absolute Gasteiger partial charge is 0.0489 e.